The molecule has 0 saturated carbocycles. The molecule has 1 aliphatic heterocycles. The summed E-state index contributed by atoms with van der Waals surface area (Å²) in [4.78, 5) is 3.99. The first-order valence-corrected chi connectivity index (χ1v) is 11.7. The van der Waals surface area contributed by atoms with Crippen molar-refractivity contribution in [3.05, 3.63) is 35.8 Å². The number of aromatic nitrogens is 1. The second-order valence-corrected chi connectivity index (χ2v) is 10.2. The summed E-state index contributed by atoms with van der Waals surface area (Å²) in [5, 5.41) is 1.93. The lowest BCUT2D eigenvalue weighted by atomic mass is 10.2. The summed E-state index contributed by atoms with van der Waals surface area (Å²) in [6.07, 6.45) is 5.27. The van der Waals surface area contributed by atoms with Gasteiger partial charge in [0.25, 0.3) is 10.0 Å². The monoisotopic (exact) mass is 401 g/mol. The summed E-state index contributed by atoms with van der Waals surface area (Å²) < 4.78 is 53.9. The maximum absolute atomic E-state index is 12.7. The van der Waals surface area contributed by atoms with Crippen molar-refractivity contribution in [2.45, 2.75) is 35.5 Å². The lowest BCUT2D eigenvalue weighted by Gasteiger charge is -2.20. The number of sulfonamides is 2. The largest absolute Gasteiger partial charge is 0.263 e. The third-order valence-electron chi connectivity index (χ3n) is 3.99. The molecule has 1 aromatic heterocycles. The molecule has 0 spiro atoms. The maximum Gasteiger partial charge on any atom is 0.263 e. The molecule has 0 unspecified atom stereocenters. The van der Waals surface area contributed by atoms with Crippen molar-refractivity contribution in [2.24, 2.45) is 0 Å². The summed E-state index contributed by atoms with van der Waals surface area (Å²) >= 11 is 1.17. The summed E-state index contributed by atoms with van der Waals surface area (Å²) in [5.74, 6) is 0. The van der Waals surface area contributed by atoms with Crippen molar-refractivity contribution in [1.29, 1.82) is 0 Å². The van der Waals surface area contributed by atoms with Gasteiger partial charge in [-0.2, -0.15) is 4.31 Å². The van der Waals surface area contributed by atoms with Crippen LogP contribution in [-0.4, -0.2) is 39.2 Å². The van der Waals surface area contributed by atoms with E-state index < -0.39 is 20.0 Å². The quantitative estimate of drug-likeness (QED) is 0.830. The molecule has 7 nitrogen and oxygen atoms in total. The molecule has 2 heterocycles. The molecule has 3 rings (SSSR count). The van der Waals surface area contributed by atoms with Crippen molar-refractivity contribution in [3.63, 3.8) is 0 Å². The Morgan fingerprint density at radius 1 is 0.920 bits per heavy atom. The van der Waals surface area contributed by atoms with E-state index in [1.54, 1.807) is 5.38 Å². The Kier molecular flexibility index (Phi) is 5.42. The molecule has 0 amide bonds. The van der Waals surface area contributed by atoms with Crippen LogP contribution >= 0.6 is 11.3 Å². The number of hydrogen-bond acceptors (Lipinski definition) is 6. The molecular formula is C15H19N3O4S3. The first-order valence-electron chi connectivity index (χ1n) is 7.92. The molecule has 10 heteroatoms. The summed E-state index contributed by atoms with van der Waals surface area (Å²) in [7, 11) is -7.38. The van der Waals surface area contributed by atoms with Gasteiger partial charge in [-0.25, -0.2) is 21.8 Å². The molecule has 0 radical (unpaired) electrons. The number of anilines is 1. The van der Waals surface area contributed by atoms with Crippen molar-refractivity contribution in [1.82, 2.24) is 9.29 Å². The zero-order valence-electron chi connectivity index (χ0n) is 13.5. The van der Waals surface area contributed by atoms with E-state index in [-0.39, 0.29) is 14.9 Å². The molecule has 1 aromatic carbocycles. The summed E-state index contributed by atoms with van der Waals surface area (Å²) in [5.41, 5.74) is 0. The van der Waals surface area contributed by atoms with E-state index in [4.69, 9.17) is 0 Å². The van der Waals surface area contributed by atoms with Gasteiger partial charge >= 0.3 is 0 Å². The molecule has 25 heavy (non-hydrogen) atoms. The Balaban J connectivity index is 1.81. The van der Waals surface area contributed by atoms with Crippen molar-refractivity contribution >= 4 is 36.5 Å². The van der Waals surface area contributed by atoms with Crippen LogP contribution in [0, 0.1) is 0 Å². The van der Waals surface area contributed by atoms with Gasteiger partial charge in [-0.15, -0.1) is 11.3 Å². The van der Waals surface area contributed by atoms with E-state index in [1.165, 1.54) is 46.1 Å². The van der Waals surface area contributed by atoms with E-state index in [1.807, 2.05) is 0 Å². The normalized spacial score (nSPS) is 17.1. The van der Waals surface area contributed by atoms with Crippen LogP contribution in [0.25, 0.3) is 0 Å². The van der Waals surface area contributed by atoms with Crippen LogP contribution in [0.15, 0.2) is 45.6 Å². The van der Waals surface area contributed by atoms with Gasteiger partial charge in [0.15, 0.2) is 5.13 Å². The topological polar surface area (TPSA) is 96.4 Å². The van der Waals surface area contributed by atoms with Gasteiger partial charge in [-0.3, -0.25) is 4.72 Å². The molecule has 1 saturated heterocycles. The summed E-state index contributed by atoms with van der Waals surface area (Å²) in [6.45, 7) is 1.02. The molecule has 136 valence electrons. The van der Waals surface area contributed by atoms with Crippen LogP contribution < -0.4 is 4.72 Å². The zero-order valence-corrected chi connectivity index (χ0v) is 15.9. The second-order valence-electron chi connectivity index (χ2n) is 5.73. The average Bonchev–Trinajstić information content (AvgIpc) is 2.93. The average molecular weight is 402 g/mol. The molecule has 1 aliphatic rings. The number of thiazole rings is 1. The van der Waals surface area contributed by atoms with Crippen LogP contribution in [0.1, 0.15) is 25.7 Å². The fourth-order valence-electron chi connectivity index (χ4n) is 2.67. The third-order valence-corrected chi connectivity index (χ3v) is 8.08. The fraction of sp³-hybridized carbons (Fsp3) is 0.400. The first kappa shape index (κ1) is 18.3. The summed E-state index contributed by atoms with van der Waals surface area (Å²) in [6, 6.07) is 5.30. The van der Waals surface area contributed by atoms with E-state index >= 15 is 0 Å². The van der Waals surface area contributed by atoms with E-state index in [0.29, 0.717) is 13.1 Å². The highest BCUT2D eigenvalue weighted by Gasteiger charge is 2.25. The smallest absolute Gasteiger partial charge is 0.255 e. The zero-order chi connectivity index (χ0) is 17.9. The van der Waals surface area contributed by atoms with Crippen LogP contribution in [-0.2, 0) is 20.0 Å². The Morgan fingerprint density at radius 3 is 2.08 bits per heavy atom. The molecule has 0 atom stereocenters. The van der Waals surface area contributed by atoms with Crippen LogP contribution in [0.5, 0.6) is 0 Å². The van der Waals surface area contributed by atoms with Gasteiger partial charge < -0.3 is 0 Å². The van der Waals surface area contributed by atoms with Gasteiger partial charge in [0.05, 0.1) is 9.79 Å². The fourth-order valence-corrected chi connectivity index (χ4v) is 5.98. The Morgan fingerprint density at radius 2 is 1.52 bits per heavy atom. The van der Waals surface area contributed by atoms with Gasteiger partial charge in [0, 0.05) is 24.7 Å². The molecule has 2 aromatic rings. The van der Waals surface area contributed by atoms with Crippen LogP contribution in [0.2, 0.25) is 0 Å². The minimum Gasteiger partial charge on any atom is -0.255 e. The standard InChI is InChI=1S/C15H19N3O4S3/c19-24(20,17-15-16-9-12-23-15)13-5-7-14(8-6-13)25(21,22)18-10-3-1-2-4-11-18/h5-9,12H,1-4,10-11H2,(H,16,17). The highest BCUT2D eigenvalue weighted by molar-refractivity contribution is 7.93. The molecule has 1 fully saturated rings. The number of benzene rings is 1. The highest BCUT2D eigenvalue weighted by Crippen LogP contribution is 2.23. The molecular weight excluding hydrogens is 382 g/mol. The second kappa shape index (κ2) is 7.40. The first-order chi connectivity index (χ1) is 11.9. The third kappa shape index (κ3) is 4.20. The maximum atomic E-state index is 12.7. The highest BCUT2D eigenvalue weighted by atomic mass is 32.2. The SMILES string of the molecule is O=S(=O)(Nc1nccs1)c1ccc(S(=O)(=O)N2CCCCCC2)cc1. The predicted molar refractivity (Wildman–Crippen MR) is 96.6 cm³/mol. The number of rotatable bonds is 5. The van der Waals surface area contributed by atoms with Crippen molar-refractivity contribution in [2.75, 3.05) is 17.8 Å². The van der Waals surface area contributed by atoms with E-state index in [0.717, 1.165) is 25.7 Å². The van der Waals surface area contributed by atoms with Crippen LogP contribution in [0.4, 0.5) is 5.13 Å². The molecule has 1 N–H and O–H groups in total. The van der Waals surface area contributed by atoms with Crippen molar-refractivity contribution < 1.29 is 16.8 Å². The Hall–Kier alpha value is -1.49. The van der Waals surface area contributed by atoms with E-state index in [2.05, 4.69) is 9.71 Å². The lowest BCUT2D eigenvalue weighted by molar-refractivity contribution is 0.423. The van der Waals surface area contributed by atoms with Crippen LogP contribution in [0.3, 0.4) is 0 Å². The minimum atomic E-state index is -3.79. The van der Waals surface area contributed by atoms with Gasteiger partial charge in [-0.05, 0) is 37.1 Å². The minimum absolute atomic E-state index is 0.00230. The van der Waals surface area contributed by atoms with Gasteiger partial charge in [0.2, 0.25) is 10.0 Å². The number of nitrogens with zero attached hydrogens (tertiary/aromatic N) is 2. The number of nitrogens with one attached hydrogen (secondary N) is 1. The Labute approximate surface area is 151 Å². The van der Waals surface area contributed by atoms with Crippen molar-refractivity contribution in [3.8, 4) is 0 Å². The van der Waals surface area contributed by atoms with Gasteiger partial charge in [-0.1, -0.05) is 12.8 Å². The predicted octanol–water partition coefficient (Wildman–Crippen LogP) is 2.51. The molecule has 0 aliphatic carbocycles. The van der Waals surface area contributed by atoms with Gasteiger partial charge in [0.1, 0.15) is 0 Å². The van der Waals surface area contributed by atoms with E-state index in [9.17, 15) is 16.8 Å². The number of hydrogen-bond donors (Lipinski definition) is 1. The lowest BCUT2D eigenvalue weighted by Crippen LogP contribution is -2.31. The molecule has 0 bridgehead atoms. The Bertz CT molecular complexity index is 899.